The predicted molar refractivity (Wildman–Crippen MR) is 145 cm³/mol. The second-order valence-electron chi connectivity index (χ2n) is 10.1. The average Bonchev–Trinajstić information content (AvgIpc) is 3.31. The summed E-state index contributed by atoms with van der Waals surface area (Å²) in [6, 6.07) is 9.98. The van der Waals surface area contributed by atoms with Gasteiger partial charge >= 0.3 is 0 Å². The summed E-state index contributed by atoms with van der Waals surface area (Å²) in [5, 5.41) is 23.7. The van der Waals surface area contributed by atoms with Crippen LogP contribution in [0.2, 0.25) is 0 Å². The van der Waals surface area contributed by atoms with Crippen LogP contribution in [-0.4, -0.2) is 71.7 Å². The van der Waals surface area contributed by atoms with Crippen molar-refractivity contribution in [2.75, 3.05) is 20.3 Å². The van der Waals surface area contributed by atoms with Crippen molar-refractivity contribution in [1.29, 1.82) is 0 Å². The largest absolute Gasteiger partial charge is 0.493 e. The molecule has 0 saturated heterocycles. The van der Waals surface area contributed by atoms with Gasteiger partial charge in [0.05, 0.1) is 25.7 Å². The van der Waals surface area contributed by atoms with Crippen LogP contribution in [0.25, 0.3) is 0 Å². The topological polar surface area (TPSA) is 125 Å². The highest BCUT2D eigenvalue weighted by Crippen LogP contribution is 2.51. The minimum atomic E-state index is -1.21. The molecular formula is C30H34N2O7. The molecule has 0 bridgehead atoms. The number of aryl methyl sites for hydroxylation is 1. The van der Waals surface area contributed by atoms with E-state index in [4.69, 9.17) is 9.47 Å². The first-order chi connectivity index (χ1) is 18.7. The van der Waals surface area contributed by atoms with Crippen molar-refractivity contribution in [1.82, 2.24) is 10.2 Å². The quantitative estimate of drug-likeness (QED) is 0.333. The molecule has 2 amide bonds. The Balaban J connectivity index is 1.84. The average molecular weight is 535 g/mol. The lowest BCUT2D eigenvalue weighted by Gasteiger charge is -2.40. The maximum atomic E-state index is 13.5. The van der Waals surface area contributed by atoms with Gasteiger partial charge in [0.25, 0.3) is 0 Å². The molecule has 9 nitrogen and oxygen atoms in total. The van der Waals surface area contributed by atoms with E-state index in [1.165, 1.54) is 24.2 Å². The molecule has 2 aromatic carbocycles. The molecule has 3 N–H and O–H groups in total. The number of amides is 2. The summed E-state index contributed by atoms with van der Waals surface area (Å²) >= 11 is 0. The zero-order valence-corrected chi connectivity index (χ0v) is 22.5. The molecule has 1 heterocycles. The Morgan fingerprint density at radius 3 is 2.51 bits per heavy atom. The second-order valence-corrected chi connectivity index (χ2v) is 10.1. The molecule has 4 atom stereocenters. The first-order valence-electron chi connectivity index (χ1n) is 12.8. The van der Waals surface area contributed by atoms with Crippen LogP contribution in [-0.2, 0) is 16.1 Å². The Morgan fingerprint density at radius 2 is 1.90 bits per heavy atom. The van der Waals surface area contributed by atoms with E-state index in [9.17, 15) is 24.6 Å². The molecule has 0 aromatic heterocycles. The molecule has 206 valence electrons. The van der Waals surface area contributed by atoms with Crippen LogP contribution in [0.1, 0.15) is 46.8 Å². The Bertz CT molecular complexity index is 1310. The van der Waals surface area contributed by atoms with Gasteiger partial charge in [0, 0.05) is 35.9 Å². The first kappa shape index (κ1) is 28.1. The number of aldehydes is 1. The molecule has 39 heavy (non-hydrogen) atoms. The van der Waals surface area contributed by atoms with Gasteiger partial charge in [-0.25, -0.2) is 0 Å². The van der Waals surface area contributed by atoms with Gasteiger partial charge in [-0.2, -0.15) is 0 Å². The molecule has 0 saturated carbocycles. The van der Waals surface area contributed by atoms with Gasteiger partial charge in [-0.15, -0.1) is 0 Å². The molecule has 4 unspecified atom stereocenters. The van der Waals surface area contributed by atoms with E-state index in [2.05, 4.69) is 5.32 Å². The number of benzene rings is 2. The molecule has 0 radical (unpaired) electrons. The van der Waals surface area contributed by atoms with Gasteiger partial charge in [-0.05, 0) is 44.5 Å². The van der Waals surface area contributed by atoms with Crippen molar-refractivity contribution < 1.29 is 34.1 Å². The van der Waals surface area contributed by atoms with Crippen LogP contribution in [0.15, 0.2) is 59.7 Å². The van der Waals surface area contributed by atoms with E-state index in [0.29, 0.717) is 28.9 Å². The number of ether oxygens (including phenoxy) is 2. The lowest BCUT2D eigenvalue weighted by Crippen LogP contribution is -2.55. The number of methoxy groups -OCH3 is 1. The number of hydrogen-bond donors (Lipinski definition) is 3. The first-order valence-corrected chi connectivity index (χ1v) is 12.8. The van der Waals surface area contributed by atoms with Crippen molar-refractivity contribution in [3.8, 4) is 11.5 Å². The highest BCUT2D eigenvalue weighted by Gasteiger charge is 2.51. The van der Waals surface area contributed by atoms with Gasteiger partial charge in [-0.3, -0.25) is 14.4 Å². The van der Waals surface area contributed by atoms with Crippen molar-refractivity contribution in [3.63, 3.8) is 0 Å². The summed E-state index contributed by atoms with van der Waals surface area (Å²) in [5.74, 6) is -0.869. The third-order valence-corrected chi connectivity index (χ3v) is 6.94. The Kier molecular flexibility index (Phi) is 8.52. The fourth-order valence-electron chi connectivity index (χ4n) is 5.11. The number of fused-ring (bicyclic) bond motifs is 3. The van der Waals surface area contributed by atoms with Crippen molar-refractivity contribution in [2.45, 2.75) is 51.5 Å². The molecule has 9 heteroatoms. The normalized spacial score (nSPS) is 21.0. The summed E-state index contributed by atoms with van der Waals surface area (Å²) in [4.78, 5) is 40.0. The lowest BCUT2D eigenvalue weighted by molar-refractivity contribution is -0.133. The van der Waals surface area contributed by atoms with Crippen LogP contribution in [0, 0.1) is 6.92 Å². The van der Waals surface area contributed by atoms with Gasteiger partial charge < -0.3 is 29.9 Å². The molecule has 2 aromatic rings. The van der Waals surface area contributed by atoms with Crippen LogP contribution in [0.4, 0.5) is 0 Å². The fraction of sp³-hybridized carbons (Fsp3) is 0.367. The molecule has 2 aliphatic rings. The standard InChI is InChI=1S/C30H34N2O7/c1-17(2)11-25(35)32(15-19-7-5-18(3)6-8-19)23-14-22(30(37)31-9-10-33)26-21-12-20(16-34)13-24(38-4)28(21)39-29(26)27(23)36/h5-8,11-14,16,23,26-27,29,33,36H,9-10,15H2,1-4H3,(H,31,37). The van der Waals surface area contributed by atoms with E-state index in [1.54, 1.807) is 12.1 Å². The van der Waals surface area contributed by atoms with Gasteiger partial charge in [-0.1, -0.05) is 35.4 Å². The van der Waals surface area contributed by atoms with E-state index in [-0.39, 0.29) is 31.2 Å². The second kappa shape index (κ2) is 11.8. The zero-order chi connectivity index (χ0) is 28.3. The summed E-state index contributed by atoms with van der Waals surface area (Å²) in [6.45, 7) is 5.55. The van der Waals surface area contributed by atoms with Crippen LogP contribution >= 0.6 is 0 Å². The number of carbonyl (C=O) groups is 3. The van der Waals surface area contributed by atoms with Gasteiger partial charge in [0.2, 0.25) is 11.8 Å². The highest BCUT2D eigenvalue weighted by molar-refractivity contribution is 5.97. The number of nitrogens with one attached hydrogen (secondary N) is 1. The van der Waals surface area contributed by atoms with Crippen molar-refractivity contribution in [2.24, 2.45) is 0 Å². The minimum absolute atomic E-state index is 0.0238. The third-order valence-electron chi connectivity index (χ3n) is 6.94. The number of rotatable bonds is 9. The monoisotopic (exact) mass is 534 g/mol. The summed E-state index contributed by atoms with van der Waals surface area (Å²) in [6.07, 6.45) is 1.63. The van der Waals surface area contributed by atoms with E-state index in [1.807, 2.05) is 45.0 Å². The number of aliphatic hydroxyl groups excluding tert-OH is 2. The smallest absolute Gasteiger partial charge is 0.247 e. The minimum Gasteiger partial charge on any atom is -0.493 e. The van der Waals surface area contributed by atoms with Crippen LogP contribution < -0.4 is 14.8 Å². The maximum absolute atomic E-state index is 13.5. The van der Waals surface area contributed by atoms with Crippen molar-refractivity contribution >= 4 is 18.1 Å². The maximum Gasteiger partial charge on any atom is 0.247 e. The van der Waals surface area contributed by atoms with Gasteiger partial charge in [0.1, 0.15) is 18.5 Å². The molecule has 1 aliphatic heterocycles. The summed E-state index contributed by atoms with van der Waals surface area (Å²) in [7, 11) is 1.45. The summed E-state index contributed by atoms with van der Waals surface area (Å²) < 4.78 is 11.7. The number of aliphatic hydroxyl groups is 2. The molecule has 1 aliphatic carbocycles. The van der Waals surface area contributed by atoms with E-state index in [0.717, 1.165) is 16.7 Å². The number of carbonyl (C=O) groups excluding carboxylic acids is 3. The van der Waals surface area contributed by atoms with E-state index >= 15 is 0 Å². The Morgan fingerprint density at radius 1 is 1.18 bits per heavy atom. The molecule has 0 fully saturated rings. The highest BCUT2D eigenvalue weighted by atomic mass is 16.5. The molecule has 0 spiro atoms. The third kappa shape index (κ3) is 5.74. The fourth-order valence-corrected chi connectivity index (χ4v) is 5.11. The van der Waals surface area contributed by atoms with Gasteiger partial charge in [0.15, 0.2) is 11.5 Å². The zero-order valence-electron chi connectivity index (χ0n) is 22.5. The number of hydrogen-bond acceptors (Lipinski definition) is 7. The number of nitrogens with zero attached hydrogens (tertiary/aromatic N) is 1. The van der Waals surface area contributed by atoms with Crippen molar-refractivity contribution in [3.05, 3.63) is 82.0 Å². The lowest BCUT2D eigenvalue weighted by atomic mass is 9.77. The summed E-state index contributed by atoms with van der Waals surface area (Å²) in [5.41, 5.74) is 3.86. The Hall–Kier alpha value is -3.95. The molecular weight excluding hydrogens is 500 g/mol. The van der Waals surface area contributed by atoms with Crippen LogP contribution in [0.3, 0.4) is 0 Å². The van der Waals surface area contributed by atoms with E-state index < -0.39 is 30.1 Å². The predicted octanol–water partition coefficient (Wildman–Crippen LogP) is 2.43. The number of allylic oxidation sites excluding steroid dienone is 1. The Labute approximate surface area is 227 Å². The SMILES string of the molecule is COc1cc(C=O)cc2c1OC1C2C(C(=O)NCCO)=CC(N(Cc2ccc(C)cc2)C(=O)C=C(C)C)C1O. The van der Waals surface area contributed by atoms with Crippen LogP contribution in [0.5, 0.6) is 11.5 Å². The molecule has 4 rings (SSSR count).